The minimum Gasteiger partial charge on any atom is -0.489 e. The minimum absolute atomic E-state index is 0.252. The van der Waals surface area contributed by atoms with Crippen LogP contribution in [0, 0.1) is 107 Å². The van der Waals surface area contributed by atoms with Crippen molar-refractivity contribution in [3.63, 3.8) is 0 Å². The molecule has 1 aliphatic rings. The lowest BCUT2D eigenvalue weighted by molar-refractivity contribution is -0.124. The number of ketones is 3. The zero-order valence-electron chi connectivity index (χ0n) is 89.8. The molecule has 0 saturated heterocycles. The maximum absolute atomic E-state index is 15.9. The van der Waals surface area contributed by atoms with Gasteiger partial charge in [0.05, 0.1) is 76.2 Å². The van der Waals surface area contributed by atoms with Crippen LogP contribution < -0.4 is 58.6 Å². The van der Waals surface area contributed by atoms with E-state index >= 15 is 14.4 Å². The van der Waals surface area contributed by atoms with E-state index in [2.05, 4.69) is 203 Å². The molecule has 3 aromatic rings. The Morgan fingerprint density at radius 2 is 0.318 bits per heavy atom. The molecule has 3 aromatic carbocycles. The molecule has 0 heterocycles. The third-order valence-electron chi connectivity index (χ3n) is 26.8. The van der Waals surface area contributed by atoms with E-state index < -0.39 is 17.3 Å². The Morgan fingerprint density at radius 3 is 0.447 bits per heavy atom. The lowest BCUT2D eigenvalue weighted by Gasteiger charge is -2.22. The molecule has 15 heteroatoms. The number of hydrogen-bond acceptors (Lipinski definition) is 15. The number of nitrogens with one attached hydrogen (secondary N) is 3. The molecule has 3 N–H and O–H groups in total. The summed E-state index contributed by atoms with van der Waals surface area (Å²) in [5, 5.41) is 10.3. The van der Waals surface area contributed by atoms with Gasteiger partial charge in [0.2, 0.25) is 34.6 Å². The summed E-state index contributed by atoms with van der Waals surface area (Å²) < 4.78 is 62.3. The van der Waals surface area contributed by atoms with Gasteiger partial charge in [-0.2, -0.15) is 0 Å². The molecule has 0 radical (unpaired) electrons. The Balaban J connectivity index is 2.13. The summed E-state index contributed by atoms with van der Waals surface area (Å²) in [7, 11) is 0. The number of benzene rings is 3. The normalized spacial score (nSPS) is 14.8. The highest BCUT2D eigenvalue weighted by Crippen LogP contribution is 2.46. The van der Waals surface area contributed by atoms with Gasteiger partial charge in [-0.3, -0.25) is 14.4 Å². The Kier molecular flexibility index (Phi) is 60.4. The fourth-order valence-corrected chi connectivity index (χ4v) is 17.1. The first-order chi connectivity index (χ1) is 62.9. The number of rotatable bonds is 78. The number of anilines is 3. The highest BCUT2D eigenvalue weighted by Gasteiger charge is 2.39. The fraction of sp³-hybridized carbons (Fsp3) is 0.769. The van der Waals surface area contributed by atoms with Crippen molar-refractivity contribution in [2.75, 3.05) is 75.4 Å². The van der Waals surface area contributed by atoms with Gasteiger partial charge in [0.15, 0.2) is 34.5 Å². The fourth-order valence-electron chi connectivity index (χ4n) is 17.1. The SMILES string of the molecule is CC(C)CCCC(C)CCOc1cc(NC=C2C(=O)C(=CNc3cc(OCCC(C)CCCC(C)C)c(OCCC(C)CCCC(C)C)c(OCCC(C)CCCC(C)C)c3)C(=O)C(=CNc3cc(OCCC(C)CCCC(C)C)c(OCCC(C)CCCC(C)C)c(OCCC(C)CCCC(C)C)c3)C2=O)cc(OCCC(C)CCCC(C)C)c1OCCC(C)CCCC(C)C. The summed E-state index contributed by atoms with van der Waals surface area (Å²) in [5.74, 6) is 12.0. The number of hydrogen-bond donors (Lipinski definition) is 3. The van der Waals surface area contributed by atoms with Crippen molar-refractivity contribution in [1.29, 1.82) is 0 Å². The van der Waals surface area contributed by atoms with Crippen LogP contribution in [0.25, 0.3) is 0 Å². The quantitative estimate of drug-likeness (QED) is 0.0360. The summed E-state index contributed by atoms with van der Waals surface area (Å²) in [4.78, 5) is 47.7. The van der Waals surface area contributed by atoms with E-state index in [4.69, 9.17) is 42.6 Å². The first kappa shape index (κ1) is 118. The zero-order valence-corrected chi connectivity index (χ0v) is 89.8. The smallest absolute Gasteiger partial charge is 0.203 e. The summed E-state index contributed by atoms with van der Waals surface area (Å²) in [6.07, 6.45) is 42.9. The summed E-state index contributed by atoms with van der Waals surface area (Å²) in [6, 6.07) is 11.4. The average molecular weight is 1840 g/mol. The highest BCUT2D eigenvalue weighted by molar-refractivity contribution is 6.51. The van der Waals surface area contributed by atoms with E-state index in [1.54, 1.807) is 0 Å². The van der Waals surface area contributed by atoms with E-state index in [0.29, 0.717) is 235 Å². The minimum atomic E-state index is -0.761. The Morgan fingerprint density at radius 1 is 0.189 bits per heavy atom. The molecule has 1 saturated carbocycles. The molecule has 0 aromatic heterocycles. The van der Waals surface area contributed by atoms with E-state index in [-0.39, 0.29) is 16.7 Å². The van der Waals surface area contributed by atoms with Crippen LogP contribution in [0.2, 0.25) is 0 Å². The Bertz CT molecular complexity index is 3160. The van der Waals surface area contributed by atoms with Crippen LogP contribution in [-0.4, -0.2) is 76.8 Å². The van der Waals surface area contributed by atoms with Gasteiger partial charge in [0.25, 0.3) is 0 Å². The number of ether oxygens (including phenoxy) is 9. The number of carbonyl (C=O) groups is 3. The van der Waals surface area contributed by atoms with Crippen molar-refractivity contribution >= 4 is 34.4 Å². The van der Waals surface area contributed by atoms with Crippen LogP contribution in [0.1, 0.15) is 418 Å². The molecule has 15 nitrogen and oxygen atoms in total. The lowest BCUT2D eigenvalue weighted by Crippen LogP contribution is -2.33. The van der Waals surface area contributed by atoms with Gasteiger partial charge in [-0.05, 0) is 164 Å². The zero-order chi connectivity index (χ0) is 97.5. The molecule has 0 amide bonds. The van der Waals surface area contributed by atoms with E-state index in [1.807, 2.05) is 36.4 Å². The molecule has 9 unspecified atom stereocenters. The monoisotopic (exact) mass is 1840 g/mol. The topological polar surface area (TPSA) is 170 Å². The van der Waals surface area contributed by atoms with Crippen LogP contribution in [0.3, 0.4) is 0 Å². The van der Waals surface area contributed by atoms with Crippen LogP contribution in [-0.2, 0) is 14.4 Å². The van der Waals surface area contributed by atoms with Crippen molar-refractivity contribution in [2.45, 2.75) is 418 Å². The highest BCUT2D eigenvalue weighted by atomic mass is 16.6. The predicted octanol–water partition coefficient (Wildman–Crippen LogP) is 33.8. The van der Waals surface area contributed by atoms with Crippen LogP contribution in [0.5, 0.6) is 51.7 Å². The molecular weight excluding hydrogens is 1640 g/mol. The maximum Gasteiger partial charge on any atom is 0.203 e. The molecule has 756 valence electrons. The second-order valence-electron chi connectivity index (χ2n) is 45.1. The van der Waals surface area contributed by atoms with Crippen molar-refractivity contribution in [2.24, 2.45) is 107 Å². The Hall–Kier alpha value is -6.51. The van der Waals surface area contributed by atoms with Gasteiger partial charge < -0.3 is 58.6 Å². The summed E-state index contributed by atoms with van der Waals surface area (Å²) in [5.41, 5.74) is 0.780. The molecule has 9 atom stereocenters. The average Bonchev–Trinajstić information content (AvgIpc) is 0.775. The van der Waals surface area contributed by atoms with Crippen LogP contribution in [0.15, 0.2) is 71.7 Å². The molecule has 1 aliphatic carbocycles. The van der Waals surface area contributed by atoms with Gasteiger partial charge in [0, 0.05) is 72.1 Å². The molecule has 0 aliphatic heterocycles. The molecule has 0 bridgehead atoms. The van der Waals surface area contributed by atoms with E-state index in [9.17, 15) is 0 Å². The largest absolute Gasteiger partial charge is 0.489 e. The molecule has 1 fully saturated rings. The van der Waals surface area contributed by atoms with Crippen LogP contribution in [0.4, 0.5) is 17.1 Å². The molecule has 0 spiro atoms. The summed E-state index contributed by atoms with van der Waals surface area (Å²) in [6.45, 7) is 66.0. The van der Waals surface area contributed by atoms with Gasteiger partial charge in [-0.25, -0.2) is 0 Å². The van der Waals surface area contributed by atoms with Crippen LogP contribution >= 0.6 is 0 Å². The molecule has 4 rings (SSSR count). The Labute approximate surface area is 810 Å². The first-order valence-electron chi connectivity index (χ1n) is 54.1. The van der Waals surface area contributed by atoms with Gasteiger partial charge in [0.1, 0.15) is 0 Å². The molecule has 132 heavy (non-hydrogen) atoms. The van der Waals surface area contributed by atoms with Crippen molar-refractivity contribution in [3.05, 3.63) is 71.7 Å². The number of allylic oxidation sites excluding steroid dienone is 3. The standard InChI is InChI=1S/C117H201N3O12/c1-82(2)37-28-46-91(19)55-64-124-106-73-100(74-107(125-65-56-92(20)47-29-38-83(3)4)115(106)130-70-61-97(25)52-34-43-88(13)14)118-79-103-112(121)104(80-119-101-75-108(126-66-57-93(21)48-30-39-84(5)6)116(131-71-62-98(26)53-35-44-89(15)16)109(76-101)127-67-58-94(22)49-31-40-85(7)8)114(123)105(113(103)122)81-120-102-77-110(128-68-59-95(23)50-32-41-86(9)10)117(132-72-63-99(27)54-36-45-90(17)18)111(78-102)129-69-60-96(24)51-33-42-87(11)12/h73-99,118-120H,28-72H2,1-27H3. The number of carbonyl (C=O) groups excluding carboxylic acids is 3. The lowest BCUT2D eigenvalue weighted by atomic mass is 9.84. The van der Waals surface area contributed by atoms with Crippen molar-refractivity contribution in [3.8, 4) is 51.7 Å². The first-order valence-corrected chi connectivity index (χ1v) is 54.1. The third-order valence-corrected chi connectivity index (χ3v) is 26.8. The van der Waals surface area contributed by atoms with Crippen molar-refractivity contribution < 1.29 is 57.0 Å². The number of Topliss-reactive ketones (excluding diaryl/α,β-unsaturated/α-hetero) is 3. The third kappa shape index (κ3) is 52.2. The predicted molar refractivity (Wildman–Crippen MR) is 561 cm³/mol. The van der Waals surface area contributed by atoms with Crippen molar-refractivity contribution in [1.82, 2.24) is 0 Å². The summed E-state index contributed by atoms with van der Waals surface area (Å²) >= 11 is 0. The van der Waals surface area contributed by atoms with E-state index in [0.717, 1.165) is 154 Å². The van der Waals surface area contributed by atoms with E-state index in [1.165, 1.54) is 95.6 Å². The van der Waals surface area contributed by atoms with Gasteiger partial charge in [-0.1, -0.05) is 360 Å². The second-order valence-corrected chi connectivity index (χ2v) is 45.1. The molecular formula is C117H201N3O12. The van der Waals surface area contributed by atoms with Gasteiger partial charge in [-0.15, -0.1) is 0 Å². The maximum atomic E-state index is 15.9. The van der Waals surface area contributed by atoms with Gasteiger partial charge >= 0.3 is 0 Å². The second kappa shape index (κ2) is 67.7.